The smallest absolute Gasteiger partial charge is 0.119 e. The van der Waals surface area contributed by atoms with E-state index in [1.807, 2.05) is 0 Å². The number of rotatable bonds is 4. The molecule has 0 radical (unpaired) electrons. The molecule has 118 valence electrons. The van der Waals surface area contributed by atoms with Crippen LogP contribution in [0.4, 0.5) is 0 Å². The van der Waals surface area contributed by atoms with Crippen LogP contribution in [0.5, 0.6) is 5.75 Å². The summed E-state index contributed by atoms with van der Waals surface area (Å²) in [6.45, 7) is 15.5. The van der Waals surface area contributed by atoms with Gasteiger partial charge in [-0.3, -0.25) is 4.90 Å². The Balaban J connectivity index is 2.20. The van der Waals surface area contributed by atoms with Gasteiger partial charge in [0.2, 0.25) is 0 Å². The molecule has 1 aromatic rings. The van der Waals surface area contributed by atoms with Gasteiger partial charge in [-0.2, -0.15) is 0 Å². The fourth-order valence-corrected chi connectivity index (χ4v) is 3.20. The molecule has 0 unspecified atom stereocenters. The van der Waals surface area contributed by atoms with Crippen molar-refractivity contribution in [2.24, 2.45) is 5.41 Å². The molecular formula is C18H30N2O. The van der Waals surface area contributed by atoms with Crippen molar-refractivity contribution >= 4 is 0 Å². The van der Waals surface area contributed by atoms with Crippen molar-refractivity contribution in [3.8, 4) is 5.75 Å². The predicted octanol–water partition coefficient (Wildman–Crippen LogP) is 3.47. The molecule has 0 saturated carbocycles. The average molecular weight is 290 g/mol. The summed E-state index contributed by atoms with van der Waals surface area (Å²) in [7, 11) is 0. The summed E-state index contributed by atoms with van der Waals surface area (Å²) < 4.78 is 5.76. The van der Waals surface area contributed by atoms with Crippen LogP contribution in [-0.2, 0) is 0 Å². The van der Waals surface area contributed by atoms with Gasteiger partial charge in [0.1, 0.15) is 5.75 Å². The van der Waals surface area contributed by atoms with E-state index < -0.39 is 0 Å². The molecule has 1 atom stereocenters. The summed E-state index contributed by atoms with van der Waals surface area (Å²) in [6, 6.07) is 9.13. The molecule has 0 spiro atoms. The first-order valence-electron chi connectivity index (χ1n) is 8.09. The lowest BCUT2D eigenvalue weighted by Gasteiger charge is -2.42. The first kappa shape index (κ1) is 16.3. The van der Waals surface area contributed by atoms with Gasteiger partial charge in [-0.25, -0.2) is 0 Å². The number of nitrogens with zero attached hydrogens (tertiary/aromatic N) is 1. The Kier molecular flexibility index (Phi) is 5.28. The predicted molar refractivity (Wildman–Crippen MR) is 88.8 cm³/mol. The summed E-state index contributed by atoms with van der Waals surface area (Å²) in [5.41, 5.74) is 1.61. The maximum Gasteiger partial charge on any atom is 0.119 e. The quantitative estimate of drug-likeness (QED) is 0.919. The zero-order chi connectivity index (χ0) is 15.5. The highest BCUT2D eigenvalue weighted by molar-refractivity contribution is 5.30. The molecule has 0 aliphatic carbocycles. The molecule has 0 amide bonds. The first-order valence-corrected chi connectivity index (χ1v) is 8.09. The van der Waals surface area contributed by atoms with Crippen molar-refractivity contribution in [3.63, 3.8) is 0 Å². The molecule has 3 heteroatoms. The summed E-state index contributed by atoms with van der Waals surface area (Å²) in [5.74, 6) is 0.960. The van der Waals surface area contributed by atoms with Crippen LogP contribution in [0.15, 0.2) is 24.3 Å². The topological polar surface area (TPSA) is 24.5 Å². The second-order valence-corrected chi connectivity index (χ2v) is 7.29. The van der Waals surface area contributed by atoms with Crippen LogP contribution in [0.25, 0.3) is 0 Å². The number of hydrogen-bond acceptors (Lipinski definition) is 3. The van der Waals surface area contributed by atoms with E-state index in [0.29, 0.717) is 6.04 Å². The van der Waals surface area contributed by atoms with Gasteiger partial charge in [0.15, 0.2) is 0 Å². The Hall–Kier alpha value is -1.06. The van der Waals surface area contributed by atoms with Gasteiger partial charge in [0, 0.05) is 32.2 Å². The minimum absolute atomic E-state index is 0.220. The van der Waals surface area contributed by atoms with Crippen LogP contribution < -0.4 is 10.1 Å². The fourth-order valence-electron chi connectivity index (χ4n) is 3.20. The molecule has 0 aromatic heterocycles. The summed E-state index contributed by atoms with van der Waals surface area (Å²) in [6.07, 6.45) is 0.224. The largest absolute Gasteiger partial charge is 0.491 e. The van der Waals surface area contributed by atoms with E-state index in [-0.39, 0.29) is 11.5 Å². The van der Waals surface area contributed by atoms with Crippen LogP contribution >= 0.6 is 0 Å². The molecule has 1 saturated heterocycles. The van der Waals surface area contributed by atoms with Crippen LogP contribution in [0.2, 0.25) is 0 Å². The summed E-state index contributed by atoms with van der Waals surface area (Å²) in [4.78, 5) is 2.61. The van der Waals surface area contributed by atoms with Gasteiger partial charge >= 0.3 is 0 Å². The number of hydrogen-bond donors (Lipinski definition) is 1. The fraction of sp³-hybridized carbons (Fsp3) is 0.667. The van der Waals surface area contributed by atoms with E-state index in [1.165, 1.54) is 5.56 Å². The minimum atomic E-state index is 0.220. The lowest BCUT2D eigenvalue weighted by atomic mass is 9.81. The maximum absolute atomic E-state index is 5.76. The third kappa shape index (κ3) is 4.45. The van der Waals surface area contributed by atoms with Crippen molar-refractivity contribution in [3.05, 3.63) is 29.8 Å². The van der Waals surface area contributed by atoms with E-state index in [2.05, 4.69) is 69.1 Å². The second kappa shape index (κ2) is 6.80. The molecule has 3 nitrogen and oxygen atoms in total. The zero-order valence-corrected chi connectivity index (χ0v) is 14.1. The van der Waals surface area contributed by atoms with Crippen molar-refractivity contribution < 1.29 is 4.74 Å². The Bertz CT molecular complexity index is 428. The molecular weight excluding hydrogens is 260 g/mol. The van der Waals surface area contributed by atoms with Gasteiger partial charge in [0.25, 0.3) is 0 Å². The molecule has 1 aliphatic heterocycles. The summed E-state index contributed by atoms with van der Waals surface area (Å²) in [5, 5.41) is 3.44. The molecule has 1 aromatic carbocycles. The lowest BCUT2D eigenvalue weighted by Crippen LogP contribution is -2.48. The molecule has 2 rings (SSSR count). The Morgan fingerprint density at radius 3 is 2.10 bits per heavy atom. The van der Waals surface area contributed by atoms with E-state index in [9.17, 15) is 0 Å². The van der Waals surface area contributed by atoms with Gasteiger partial charge in [-0.1, -0.05) is 32.9 Å². The van der Waals surface area contributed by atoms with Crippen LogP contribution in [0.3, 0.4) is 0 Å². The molecule has 21 heavy (non-hydrogen) atoms. The van der Waals surface area contributed by atoms with Gasteiger partial charge < -0.3 is 10.1 Å². The number of piperazine rings is 1. The van der Waals surface area contributed by atoms with Crippen molar-refractivity contribution in [1.82, 2.24) is 10.2 Å². The van der Waals surface area contributed by atoms with Crippen molar-refractivity contribution in [2.45, 2.75) is 46.8 Å². The average Bonchev–Trinajstić information content (AvgIpc) is 2.40. The highest BCUT2D eigenvalue weighted by Gasteiger charge is 2.32. The maximum atomic E-state index is 5.76. The Labute approximate surface area is 129 Å². The normalized spacial score (nSPS) is 18.8. The molecule has 1 aliphatic rings. The summed E-state index contributed by atoms with van der Waals surface area (Å²) >= 11 is 0. The minimum Gasteiger partial charge on any atom is -0.491 e. The third-order valence-corrected chi connectivity index (χ3v) is 3.90. The number of ether oxygens (including phenoxy) is 1. The SMILES string of the molecule is CC(C)Oc1ccc([C@@H](N2CCNCC2)C(C)(C)C)cc1. The van der Waals surface area contributed by atoms with Crippen LogP contribution in [-0.4, -0.2) is 37.2 Å². The van der Waals surface area contributed by atoms with Gasteiger partial charge in [-0.05, 0) is 37.0 Å². The first-order chi connectivity index (χ1) is 9.88. The van der Waals surface area contributed by atoms with Crippen molar-refractivity contribution in [1.29, 1.82) is 0 Å². The molecule has 1 heterocycles. The standard InChI is InChI=1S/C18H30N2O/c1-14(2)21-16-8-6-15(7-9-16)17(18(3,4)5)20-12-10-19-11-13-20/h6-9,14,17,19H,10-13H2,1-5H3/t17-/m1/s1. The van der Waals surface area contributed by atoms with Crippen LogP contribution in [0, 0.1) is 5.41 Å². The van der Waals surface area contributed by atoms with E-state index in [0.717, 1.165) is 31.9 Å². The molecule has 1 N–H and O–H groups in total. The highest BCUT2D eigenvalue weighted by atomic mass is 16.5. The Morgan fingerprint density at radius 2 is 1.62 bits per heavy atom. The monoisotopic (exact) mass is 290 g/mol. The third-order valence-electron chi connectivity index (χ3n) is 3.90. The number of nitrogens with one attached hydrogen (secondary N) is 1. The molecule has 1 fully saturated rings. The van der Waals surface area contributed by atoms with Gasteiger partial charge in [-0.15, -0.1) is 0 Å². The van der Waals surface area contributed by atoms with E-state index in [1.54, 1.807) is 0 Å². The second-order valence-electron chi connectivity index (χ2n) is 7.29. The van der Waals surface area contributed by atoms with E-state index in [4.69, 9.17) is 4.74 Å². The van der Waals surface area contributed by atoms with Crippen LogP contribution in [0.1, 0.15) is 46.2 Å². The Morgan fingerprint density at radius 1 is 1.05 bits per heavy atom. The van der Waals surface area contributed by atoms with Crippen molar-refractivity contribution in [2.75, 3.05) is 26.2 Å². The molecule has 0 bridgehead atoms. The highest BCUT2D eigenvalue weighted by Crippen LogP contribution is 2.38. The zero-order valence-electron chi connectivity index (χ0n) is 14.1. The lowest BCUT2D eigenvalue weighted by molar-refractivity contribution is 0.0861. The van der Waals surface area contributed by atoms with Gasteiger partial charge in [0.05, 0.1) is 6.10 Å². The van der Waals surface area contributed by atoms with E-state index >= 15 is 0 Å². The number of benzene rings is 1.